The highest BCUT2D eigenvalue weighted by Crippen LogP contribution is 2.28. The highest BCUT2D eigenvalue weighted by molar-refractivity contribution is 6.12. The molecule has 0 saturated carbocycles. The summed E-state index contributed by atoms with van der Waals surface area (Å²) in [6.07, 6.45) is 3.59. The summed E-state index contributed by atoms with van der Waals surface area (Å²) in [6.45, 7) is 5.90. The summed E-state index contributed by atoms with van der Waals surface area (Å²) >= 11 is 0. The molecule has 0 aliphatic carbocycles. The standard InChI is InChI=1S/C18H17N5O2/c1-4-12-7-13(15-16(10(2)3)23-25-18(15)21-12)17(24)22-14-5-6-20-9-11(14)8-19/h5-7,9-10H,4H2,1-3H3,(H,20,22,24). The number of rotatable bonds is 4. The van der Waals surface area contributed by atoms with Gasteiger partial charge in [-0.05, 0) is 24.5 Å². The van der Waals surface area contributed by atoms with Crippen molar-refractivity contribution in [2.75, 3.05) is 5.32 Å². The van der Waals surface area contributed by atoms with Crippen molar-refractivity contribution >= 4 is 22.7 Å². The zero-order chi connectivity index (χ0) is 18.0. The van der Waals surface area contributed by atoms with Crippen LogP contribution >= 0.6 is 0 Å². The van der Waals surface area contributed by atoms with Crippen molar-refractivity contribution in [3.05, 3.63) is 47.0 Å². The molecule has 0 spiro atoms. The van der Waals surface area contributed by atoms with Crippen molar-refractivity contribution in [1.29, 1.82) is 5.26 Å². The predicted octanol–water partition coefficient (Wildman–Crippen LogP) is 3.43. The fraction of sp³-hybridized carbons (Fsp3) is 0.278. The van der Waals surface area contributed by atoms with E-state index in [2.05, 4.69) is 20.4 Å². The van der Waals surface area contributed by atoms with Crippen LogP contribution in [0.1, 0.15) is 54.0 Å². The van der Waals surface area contributed by atoms with Crippen LogP contribution in [0.15, 0.2) is 29.0 Å². The van der Waals surface area contributed by atoms with Crippen LogP contribution < -0.4 is 5.32 Å². The van der Waals surface area contributed by atoms with Gasteiger partial charge in [-0.25, -0.2) is 4.98 Å². The molecule has 0 saturated heterocycles. The fourth-order valence-corrected chi connectivity index (χ4v) is 2.56. The van der Waals surface area contributed by atoms with E-state index in [1.165, 1.54) is 12.4 Å². The lowest BCUT2D eigenvalue weighted by atomic mass is 10.0. The number of aryl methyl sites for hydroxylation is 1. The molecule has 0 aliphatic heterocycles. The highest BCUT2D eigenvalue weighted by atomic mass is 16.5. The van der Waals surface area contributed by atoms with Crippen molar-refractivity contribution in [3.8, 4) is 6.07 Å². The number of nitriles is 1. The molecule has 1 N–H and O–H groups in total. The van der Waals surface area contributed by atoms with E-state index in [1.54, 1.807) is 12.1 Å². The number of carbonyl (C=O) groups is 1. The molecule has 0 aliphatic rings. The van der Waals surface area contributed by atoms with Gasteiger partial charge in [0.15, 0.2) is 0 Å². The zero-order valence-corrected chi connectivity index (χ0v) is 14.2. The molecule has 7 nitrogen and oxygen atoms in total. The van der Waals surface area contributed by atoms with E-state index in [1.807, 2.05) is 26.8 Å². The molecule has 3 heterocycles. The first kappa shape index (κ1) is 16.6. The molecule has 0 fully saturated rings. The topological polar surface area (TPSA) is 105 Å². The Kier molecular flexibility index (Phi) is 4.44. The molecular weight excluding hydrogens is 318 g/mol. The van der Waals surface area contributed by atoms with E-state index >= 15 is 0 Å². The number of amides is 1. The molecule has 3 aromatic heterocycles. The number of pyridine rings is 2. The summed E-state index contributed by atoms with van der Waals surface area (Å²) in [4.78, 5) is 21.2. The summed E-state index contributed by atoms with van der Waals surface area (Å²) in [7, 11) is 0. The Hall–Kier alpha value is -3.27. The molecule has 25 heavy (non-hydrogen) atoms. The maximum atomic E-state index is 12.9. The second-order valence-electron chi connectivity index (χ2n) is 5.90. The van der Waals surface area contributed by atoms with Crippen molar-refractivity contribution < 1.29 is 9.32 Å². The van der Waals surface area contributed by atoms with Gasteiger partial charge < -0.3 is 9.84 Å². The smallest absolute Gasteiger partial charge is 0.259 e. The molecule has 0 radical (unpaired) electrons. The fourth-order valence-electron chi connectivity index (χ4n) is 2.56. The van der Waals surface area contributed by atoms with Crippen molar-refractivity contribution in [3.63, 3.8) is 0 Å². The van der Waals surface area contributed by atoms with Crippen LogP contribution in [0.25, 0.3) is 11.1 Å². The van der Waals surface area contributed by atoms with Gasteiger partial charge in [0.25, 0.3) is 11.6 Å². The van der Waals surface area contributed by atoms with Gasteiger partial charge in [-0.15, -0.1) is 0 Å². The minimum atomic E-state index is -0.338. The van der Waals surface area contributed by atoms with Crippen LogP contribution in [0, 0.1) is 11.3 Å². The summed E-state index contributed by atoms with van der Waals surface area (Å²) in [5.74, 6) is -0.257. The molecule has 1 amide bonds. The van der Waals surface area contributed by atoms with Crippen LogP contribution in [-0.2, 0) is 6.42 Å². The lowest BCUT2D eigenvalue weighted by molar-refractivity contribution is 0.102. The molecule has 3 rings (SSSR count). The number of nitrogens with zero attached hydrogens (tertiary/aromatic N) is 4. The Labute approximate surface area is 144 Å². The first-order valence-corrected chi connectivity index (χ1v) is 7.99. The van der Waals surface area contributed by atoms with Gasteiger partial charge >= 0.3 is 0 Å². The monoisotopic (exact) mass is 335 g/mol. The third kappa shape index (κ3) is 3.06. The number of nitrogens with one attached hydrogen (secondary N) is 1. The maximum Gasteiger partial charge on any atom is 0.259 e. The second-order valence-corrected chi connectivity index (χ2v) is 5.90. The number of fused-ring (bicyclic) bond motifs is 1. The largest absolute Gasteiger partial charge is 0.335 e. The van der Waals surface area contributed by atoms with Gasteiger partial charge in [0.2, 0.25) is 0 Å². The third-order valence-electron chi connectivity index (χ3n) is 3.87. The van der Waals surface area contributed by atoms with Crippen LogP contribution in [0.3, 0.4) is 0 Å². The number of carbonyl (C=O) groups excluding carboxylic acids is 1. The first-order chi connectivity index (χ1) is 12.0. The highest BCUT2D eigenvalue weighted by Gasteiger charge is 2.22. The van der Waals surface area contributed by atoms with Crippen molar-refractivity contribution in [2.45, 2.75) is 33.1 Å². The summed E-state index contributed by atoms with van der Waals surface area (Å²) in [5, 5.41) is 16.6. The Morgan fingerprint density at radius 1 is 1.44 bits per heavy atom. The lowest BCUT2D eigenvalue weighted by Crippen LogP contribution is -2.15. The molecular formula is C18H17N5O2. The number of anilines is 1. The lowest BCUT2D eigenvalue weighted by Gasteiger charge is -2.09. The second kappa shape index (κ2) is 6.69. The van der Waals surface area contributed by atoms with Gasteiger partial charge in [0.05, 0.1) is 27.9 Å². The van der Waals surface area contributed by atoms with E-state index in [0.717, 1.165) is 5.69 Å². The summed E-state index contributed by atoms with van der Waals surface area (Å²) < 4.78 is 5.34. The maximum absolute atomic E-state index is 12.9. The van der Waals surface area contributed by atoms with Crippen molar-refractivity contribution in [2.24, 2.45) is 0 Å². The Balaban J connectivity index is 2.11. The van der Waals surface area contributed by atoms with Crippen LogP contribution in [0.4, 0.5) is 5.69 Å². The first-order valence-electron chi connectivity index (χ1n) is 7.99. The van der Waals surface area contributed by atoms with Crippen LogP contribution in [-0.4, -0.2) is 21.0 Å². The molecule has 126 valence electrons. The predicted molar refractivity (Wildman–Crippen MR) is 92.2 cm³/mol. The Morgan fingerprint density at radius 3 is 2.92 bits per heavy atom. The third-order valence-corrected chi connectivity index (χ3v) is 3.87. The average Bonchev–Trinajstić information content (AvgIpc) is 3.05. The van der Waals surface area contributed by atoms with Gasteiger partial charge in [-0.2, -0.15) is 5.26 Å². The van der Waals surface area contributed by atoms with Crippen LogP contribution in [0.2, 0.25) is 0 Å². The summed E-state index contributed by atoms with van der Waals surface area (Å²) in [6, 6.07) is 5.35. The van der Waals surface area contributed by atoms with Gasteiger partial charge in [-0.1, -0.05) is 25.9 Å². The van der Waals surface area contributed by atoms with Crippen molar-refractivity contribution in [1.82, 2.24) is 15.1 Å². The minimum Gasteiger partial charge on any atom is -0.335 e. The molecule has 0 unspecified atom stereocenters. The number of hydrogen-bond acceptors (Lipinski definition) is 6. The van der Waals surface area contributed by atoms with E-state index in [-0.39, 0.29) is 11.8 Å². The Morgan fingerprint density at radius 2 is 2.24 bits per heavy atom. The van der Waals surface area contributed by atoms with Crippen LogP contribution in [0.5, 0.6) is 0 Å². The number of aromatic nitrogens is 3. The van der Waals surface area contributed by atoms with E-state index in [9.17, 15) is 4.79 Å². The van der Waals surface area contributed by atoms with Gasteiger partial charge in [0, 0.05) is 18.1 Å². The minimum absolute atomic E-state index is 0.0812. The normalized spacial score (nSPS) is 10.8. The quantitative estimate of drug-likeness (QED) is 0.783. The average molecular weight is 335 g/mol. The molecule has 3 aromatic rings. The van der Waals surface area contributed by atoms with E-state index < -0.39 is 0 Å². The zero-order valence-electron chi connectivity index (χ0n) is 14.2. The van der Waals surface area contributed by atoms with Gasteiger partial charge in [-0.3, -0.25) is 9.78 Å². The molecule has 0 atom stereocenters. The molecule has 0 bridgehead atoms. The van der Waals surface area contributed by atoms with E-state index in [4.69, 9.17) is 9.78 Å². The number of hydrogen-bond donors (Lipinski definition) is 1. The van der Waals surface area contributed by atoms with Gasteiger partial charge in [0.1, 0.15) is 6.07 Å². The SMILES string of the molecule is CCc1cc(C(=O)Nc2ccncc2C#N)c2c(C(C)C)noc2n1. The summed E-state index contributed by atoms with van der Waals surface area (Å²) in [5.41, 5.74) is 2.92. The Bertz CT molecular complexity index is 985. The van der Waals surface area contributed by atoms with E-state index in [0.29, 0.717) is 40.0 Å². The molecule has 7 heteroatoms. The molecule has 0 aromatic carbocycles.